The average Bonchev–Trinajstić information content (AvgIpc) is 2.35. The van der Waals surface area contributed by atoms with Crippen molar-refractivity contribution in [2.75, 3.05) is 52.6 Å². The van der Waals surface area contributed by atoms with E-state index in [0.29, 0.717) is 6.04 Å². The van der Waals surface area contributed by atoms with Gasteiger partial charge in [-0.05, 0) is 13.3 Å². The van der Waals surface area contributed by atoms with Gasteiger partial charge >= 0.3 is 0 Å². The molecule has 0 spiro atoms. The molecule has 1 aliphatic heterocycles. The molecule has 1 heterocycles. The summed E-state index contributed by atoms with van der Waals surface area (Å²) in [6.45, 7) is 12.1. The van der Waals surface area contributed by atoms with E-state index < -0.39 is 0 Å². The molecule has 102 valence electrons. The number of hydrogen-bond donors (Lipinski definition) is 1. The van der Waals surface area contributed by atoms with Gasteiger partial charge < -0.3 is 14.8 Å². The molecule has 0 aromatic heterocycles. The van der Waals surface area contributed by atoms with E-state index in [2.05, 4.69) is 24.1 Å². The molecule has 17 heavy (non-hydrogen) atoms. The van der Waals surface area contributed by atoms with Crippen LogP contribution in [0.15, 0.2) is 0 Å². The Labute approximate surface area is 106 Å². The van der Waals surface area contributed by atoms with Crippen LogP contribution in [0.4, 0.5) is 0 Å². The van der Waals surface area contributed by atoms with Crippen LogP contribution in [0.25, 0.3) is 0 Å². The fourth-order valence-corrected chi connectivity index (χ4v) is 1.93. The second kappa shape index (κ2) is 9.83. The minimum Gasteiger partial charge on any atom is -0.380 e. The molecule has 1 fully saturated rings. The zero-order valence-electron chi connectivity index (χ0n) is 11.4. The lowest BCUT2D eigenvalue weighted by molar-refractivity contribution is 0.000250. The van der Waals surface area contributed by atoms with E-state index in [-0.39, 0.29) is 0 Å². The predicted molar refractivity (Wildman–Crippen MR) is 70.5 cm³/mol. The summed E-state index contributed by atoms with van der Waals surface area (Å²) in [5, 5.41) is 3.42. The lowest BCUT2D eigenvalue weighted by atomic mass is 10.2. The van der Waals surface area contributed by atoms with Crippen LogP contribution in [0.2, 0.25) is 0 Å². The van der Waals surface area contributed by atoms with Crippen LogP contribution < -0.4 is 5.32 Å². The van der Waals surface area contributed by atoms with Gasteiger partial charge in [-0.25, -0.2) is 0 Å². The lowest BCUT2D eigenvalue weighted by Gasteiger charge is -2.33. The minimum absolute atomic E-state index is 0.561. The molecule has 4 heteroatoms. The Hall–Kier alpha value is -0.160. The number of rotatable bonds is 9. The van der Waals surface area contributed by atoms with Gasteiger partial charge in [0.25, 0.3) is 0 Å². The Morgan fingerprint density at radius 1 is 1.35 bits per heavy atom. The number of unbranched alkanes of at least 4 members (excludes halogenated alkanes) is 1. The summed E-state index contributed by atoms with van der Waals surface area (Å²) in [6, 6.07) is 0.561. The van der Waals surface area contributed by atoms with E-state index in [1.807, 2.05) is 0 Å². The van der Waals surface area contributed by atoms with Crippen molar-refractivity contribution in [1.29, 1.82) is 0 Å². The molecule has 0 radical (unpaired) electrons. The molecule has 0 amide bonds. The highest BCUT2D eigenvalue weighted by molar-refractivity contribution is 4.71. The maximum absolute atomic E-state index is 5.49. The Morgan fingerprint density at radius 2 is 2.24 bits per heavy atom. The van der Waals surface area contributed by atoms with Crippen LogP contribution in [-0.4, -0.2) is 63.5 Å². The fraction of sp³-hybridized carbons (Fsp3) is 1.00. The van der Waals surface area contributed by atoms with Crippen molar-refractivity contribution in [3.63, 3.8) is 0 Å². The maximum atomic E-state index is 5.49. The maximum Gasteiger partial charge on any atom is 0.0619 e. The van der Waals surface area contributed by atoms with E-state index in [0.717, 1.165) is 52.6 Å². The van der Waals surface area contributed by atoms with E-state index in [4.69, 9.17) is 9.47 Å². The van der Waals surface area contributed by atoms with Crippen molar-refractivity contribution < 1.29 is 9.47 Å². The highest BCUT2D eigenvalue weighted by atomic mass is 16.5. The van der Waals surface area contributed by atoms with Crippen molar-refractivity contribution in [2.45, 2.75) is 32.7 Å². The fourth-order valence-electron chi connectivity index (χ4n) is 1.93. The first kappa shape index (κ1) is 14.9. The van der Waals surface area contributed by atoms with Crippen LogP contribution in [0, 0.1) is 0 Å². The molecule has 4 nitrogen and oxygen atoms in total. The summed E-state index contributed by atoms with van der Waals surface area (Å²) >= 11 is 0. The lowest BCUT2D eigenvalue weighted by Crippen LogP contribution is -2.46. The van der Waals surface area contributed by atoms with Crippen LogP contribution in [0.5, 0.6) is 0 Å². The molecule has 0 aromatic carbocycles. The quantitative estimate of drug-likeness (QED) is 0.616. The van der Waals surface area contributed by atoms with Gasteiger partial charge in [-0.2, -0.15) is 0 Å². The molecular weight excluding hydrogens is 216 g/mol. The van der Waals surface area contributed by atoms with Crippen LogP contribution in [-0.2, 0) is 9.47 Å². The molecule has 0 aromatic rings. The predicted octanol–water partition coefficient (Wildman–Crippen LogP) is 1.11. The first-order valence-electron chi connectivity index (χ1n) is 6.95. The van der Waals surface area contributed by atoms with Crippen LogP contribution in [0.3, 0.4) is 0 Å². The Kier molecular flexibility index (Phi) is 8.61. The zero-order valence-corrected chi connectivity index (χ0v) is 11.4. The molecule has 1 atom stereocenters. The smallest absolute Gasteiger partial charge is 0.0619 e. The topological polar surface area (TPSA) is 33.7 Å². The first-order chi connectivity index (χ1) is 8.34. The monoisotopic (exact) mass is 244 g/mol. The third kappa shape index (κ3) is 6.99. The van der Waals surface area contributed by atoms with Gasteiger partial charge in [0.1, 0.15) is 0 Å². The number of hydrogen-bond acceptors (Lipinski definition) is 4. The summed E-state index contributed by atoms with van der Waals surface area (Å²) in [5.74, 6) is 0. The summed E-state index contributed by atoms with van der Waals surface area (Å²) < 4.78 is 10.9. The van der Waals surface area contributed by atoms with E-state index >= 15 is 0 Å². The van der Waals surface area contributed by atoms with Gasteiger partial charge in [0, 0.05) is 38.8 Å². The third-order valence-corrected chi connectivity index (χ3v) is 3.15. The minimum atomic E-state index is 0.561. The SMILES string of the molecule is CCCCOCCNCCN1CCOCC1C. The molecule has 0 aliphatic carbocycles. The standard InChI is InChI=1S/C13H28N2O2/c1-3-4-9-16-10-6-14-5-7-15-8-11-17-12-13(15)2/h13-14H,3-12H2,1-2H3. The zero-order chi connectivity index (χ0) is 12.3. The van der Waals surface area contributed by atoms with E-state index in [9.17, 15) is 0 Å². The largest absolute Gasteiger partial charge is 0.380 e. The second-order valence-corrected chi connectivity index (χ2v) is 4.68. The van der Waals surface area contributed by atoms with Crippen molar-refractivity contribution in [1.82, 2.24) is 10.2 Å². The molecule has 1 rings (SSSR count). The Morgan fingerprint density at radius 3 is 3.00 bits per heavy atom. The van der Waals surface area contributed by atoms with E-state index in [1.54, 1.807) is 0 Å². The Balaban J connectivity index is 1.86. The molecule has 1 unspecified atom stereocenters. The van der Waals surface area contributed by atoms with Gasteiger partial charge in [-0.3, -0.25) is 4.90 Å². The highest BCUT2D eigenvalue weighted by Gasteiger charge is 2.17. The summed E-state index contributed by atoms with van der Waals surface area (Å²) in [7, 11) is 0. The summed E-state index contributed by atoms with van der Waals surface area (Å²) in [5.41, 5.74) is 0. The third-order valence-electron chi connectivity index (χ3n) is 3.15. The van der Waals surface area contributed by atoms with Gasteiger partial charge in [-0.1, -0.05) is 13.3 Å². The van der Waals surface area contributed by atoms with Gasteiger partial charge in [0.2, 0.25) is 0 Å². The van der Waals surface area contributed by atoms with Crippen molar-refractivity contribution in [3.05, 3.63) is 0 Å². The highest BCUT2D eigenvalue weighted by Crippen LogP contribution is 2.04. The van der Waals surface area contributed by atoms with Crippen LogP contribution >= 0.6 is 0 Å². The molecular formula is C13H28N2O2. The Bertz CT molecular complexity index is 179. The van der Waals surface area contributed by atoms with Crippen molar-refractivity contribution >= 4 is 0 Å². The van der Waals surface area contributed by atoms with Gasteiger partial charge in [0.05, 0.1) is 19.8 Å². The van der Waals surface area contributed by atoms with Gasteiger partial charge in [-0.15, -0.1) is 0 Å². The van der Waals surface area contributed by atoms with Gasteiger partial charge in [0.15, 0.2) is 0 Å². The second-order valence-electron chi connectivity index (χ2n) is 4.68. The number of nitrogens with one attached hydrogen (secondary N) is 1. The summed E-state index contributed by atoms with van der Waals surface area (Å²) in [6.07, 6.45) is 2.38. The number of ether oxygens (including phenoxy) is 2. The average molecular weight is 244 g/mol. The normalized spacial score (nSPS) is 21.9. The van der Waals surface area contributed by atoms with Crippen LogP contribution in [0.1, 0.15) is 26.7 Å². The molecule has 1 N–H and O–H groups in total. The molecule has 0 saturated carbocycles. The summed E-state index contributed by atoms with van der Waals surface area (Å²) in [4.78, 5) is 2.48. The first-order valence-corrected chi connectivity index (χ1v) is 6.95. The van der Waals surface area contributed by atoms with Crippen molar-refractivity contribution in [3.8, 4) is 0 Å². The van der Waals surface area contributed by atoms with E-state index in [1.165, 1.54) is 12.8 Å². The number of morpholine rings is 1. The molecule has 1 saturated heterocycles. The molecule has 1 aliphatic rings. The molecule has 0 bridgehead atoms. The van der Waals surface area contributed by atoms with Crippen molar-refractivity contribution in [2.24, 2.45) is 0 Å². The number of nitrogens with zero attached hydrogens (tertiary/aromatic N) is 1.